The van der Waals surface area contributed by atoms with Gasteiger partial charge in [-0.3, -0.25) is 0 Å². The molecule has 0 aromatic heterocycles. The summed E-state index contributed by atoms with van der Waals surface area (Å²) in [6, 6.07) is 17.0. The first-order chi connectivity index (χ1) is 18.7. The second-order valence-electron chi connectivity index (χ2n) is 10.8. The monoisotopic (exact) mass is 510 g/mol. The lowest BCUT2D eigenvalue weighted by Gasteiger charge is -2.41. The van der Waals surface area contributed by atoms with Crippen molar-refractivity contribution >= 4 is 17.4 Å². The average Bonchev–Trinajstić information content (AvgIpc) is 3.18. The van der Waals surface area contributed by atoms with Gasteiger partial charge in [0.2, 0.25) is 0 Å². The molecule has 38 heavy (non-hydrogen) atoms. The van der Waals surface area contributed by atoms with Crippen molar-refractivity contribution < 1.29 is 14.3 Å². The van der Waals surface area contributed by atoms with Crippen LogP contribution in [0.3, 0.4) is 0 Å². The molecule has 0 bridgehead atoms. The molecular weight excluding hydrogens is 476 g/mol. The summed E-state index contributed by atoms with van der Waals surface area (Å²) in [5.74, 6) is 6.71. The van der Waals surface area contributed by atoms with E-state index in [2.05, 4.69) is 51.6 Å². The Morgan fingerprint density at radius 2 is 1.76 bits per heavy atom. The molecule has 196 valence electrons. The van der Waals surface area contributed by atoms with Crippen LogP contribution in [-0.4, -0.2) is 37.4 Å². The molecule has 2 unspecified atom stereocenters. The minimum atomic E-state index is -0.151. The second kappa shape index (κ2) is 11.0. The molecule has 2 amide bonds. The molecule has 2 aromatic rings. The van der Waals surface area contributed by atoms with Crippen LogP contribution in [0.15, 0.2) is 42.5 Å². The van der Waals surface area contributed by atoms with Crippen LogP contribution in [0.4, 0.5) is 16.2 Å². The van der Waals surface area contributed by atoms with E-state index in [9.17, 15) is 10.1 Å². The largest absolute Gasteiger partial charge is 0.490 e. The summed E-state index contributed by atoms with van der Waals surface area (Å²) in [6.07, 6.45) is 8.77. The van der Waals surface area contributed by atoms with E-state index in [4.69, 9.17) is 9.47 Å². The standard InChI is InChI=1S/C31H34N4O3/c32-17-3-8-28-27-14-13-26(38-25-15-18-37-19-16-25)20-29(27)35(24-6-2-7-24)30(28)21-9-11-23(12-10-21)34-31(36)33-22-4-1-5-22/h9-14,20,22,24-25,28,30H,1-2,4-7,15-16,18-19H2,(H2,33,34,36). The fourth-order valence-corrected chi connectivity index (χ4v) is 5.93. The molecule has 2 aromatic carbocycles. The minimum absolute atomic E-state index is 0.00710. The Morgan fingerprint density at radius 3 is 2.42 bits per heavy atom. The third kappa shape index (κ3) is 5.04. The number of hydrogen-bond donors (Lipinski definition) is 2. The van der Waals surface area contributed by atoms with Gasteiger partial charge in [-0.15, -0.1) is 0 Å². The number of nitrogens with one attached hydrogen (secondary N) is 2. The fourth-order valence-electron chi connectivity index (χ4n) is 5.93. The Bertz CT molecular complexity index is 1260. The first kappa shape index (κ1) is 24.6. The average molecular weight is 511 g/mol. The molecule has 6 rings (SSSR count). The molecule has 1 saturated heterocycles. The van der Waals surface area contributed by atoms with Crippen LogP contribution >= 0.6 is 0 Å². The molecule has 4 aliphatic rings. The Labute approximate surface area is 224 Å². The highest BCUT2D eigenvalue weighted by atomic mass is 16.5. The summed E-state index contributed by atoms with van der Waals surface area (Å²) in [4.78, 5) is 14.9. The van der Waals surface area contributed by atoms with E-state index in [-0.39, 0.29) is 24.1 Å². The summed E-state index contributed by atoms with van der Waals surface area (Å²) >= 11 is 0. The van der Waals surface area contributed by atoms with E-state index in [0.29, 0.717) is 12.1 Å². The molecule has 2 aliphatic carbocycles. The number of ether oxygens (including phenoxy) is 2. The van der Waals surface area contributed by atoms with Crippen LogP contribution in [0.1, 0.15) is 74.5 Å². The molecule has 7 nitrogen and oxygen atoms in total. The summed E-state index contributed by atoms with van der Waals surface area (Å²) < 4.78 is 11.9. The minimum Gasteiger partial charge on any atom is -0.490 e. The van der Waals surface area contributed by atoms with Gasteiger partial charge < -0.3 is 25.0 Å². The van der Waals surface area contributed by atoms with Crippen molar-refractivity contribution in [1.82, 2.24) is 5.32 Å². The van der Waals surface area contributed by atoms with Gasteiger partial charge in [0.25, 0.3) is 0 Å². The molecule has 2 N–H and O–H groups in total. The zero-order valence-corrected chi connectivity index (χ0v) is 21.6. The third-order valence-corrected chi connectivity index (χ3v) is 8.40. The lowest BCUT2D eigenvalue weighted by Crippen LogP contribution is -2.42. The molecule has 0 radical (unpaired) electrons. The SMILES string of the molecule is N#CC#CC1c2ccc(OC3CCOCC3)cc2N(C2CCC2)C1c1ccc(NC(=O)NC2CCC2)cc1. The van der Waals surface area contributed by atoms with Gasteiger partial charge in [-0.1, -0.05) is 24.1 Å². The van der Waals surface area contributed by atoms with Crippen molar-refractivity contribution in [2.75, 3.05) is 23.4 Å². The van der Waals surface area contributed by atoms with Crippen LogP contribution in [0.2, 0.25) is 0 Å². The number of carbonyl (C=O) groups is 1. The highest BCUT2D eigenvalue weighted by Gasteiger charge is 2.43. The van der Waals surface area contributed by atoms with E-state index in [1.54, 1.807) is 0 Å². The third-order valence-electron chi connectivity index (χ3n) is 8.40. The highest BCUT2D eigenvalue weighted by molar-refractivity contribution is 5.89. The Morgan fingerprint density at radius 1 is 1.00 bits per heavy atom. The van der Waals surface area contributed by atoms with Gasteiger partial charge in [-0.25, -0.2) is 4.79 Å². The fraction of sp³-hybridized carbons (Fsp3) is 0.484. The van der Waals surface area contributed by atoms with E-state index in [1.165, 1.54) is 12.8 Å². The number of amides is 2. The van der Waals surface area contributed by atoms with Gasteiger partial charge >= 0.3 is 6.03 Å². The van der Waals surface area contributed by atoms with Gasteiger partial charge in [-0.05, 0) is 67.9 Å². The number of carbonyl (C=O) groups excluding carboxylic acids is 1. The zero-order valence-electron chi connectivity index (χ0n) is 21.6. The zero-order chi connectivity index (χ0) is 25.9. The predicted octanol–water partition coefficient (Wildman–Crippen LogP) is 5.64. The van der Waals surface area contributed by atoms with E-state index in [1.807, 2.05) is 24.3 Å². The lowest BCUT2D eigenvalue weighted by atomic mass is 9.87. The maximum Gasteiger partial charge on any atom is 0.319 e. The number of fused-ring (bicyclic) bond motifs is 1. The topological polar surface area (TPSA) is 86.6 Å². The van der Waals surface area contributed by atoms with Gasteiger partial charge in [0.1, 0.15) is 11.9 Å². The van der Waals surface area contributed by atoms with Gasteiger partial charge in [0.15, 0.2) is 6.07 Å². The molecule has 2 saturated carbocycles. The number of benzene rings is 2. The molecule has 0 spiro atoms. The summed E-state index contributed by atoms with van der Waals surface area (Å²) in [7, 11) is 0. The Kier molecular flexibility index (Phi) is 7.12. The van der Waals surface area contributed by atoms with Crippen molar-refractivity contribution in [2.24, 2.45) is 0 Å². The first-order valence-electron chi connectivity index (χ1n) is 13.9. The normalized spacial score (nSPS) is 23.2. The highest BCUT2D eigenvalue weighted by Crippen LogP contribution is 2.53. The van der Waals surface area contributed by atoms with Crippen molar-refractivity contribution in [3.63, 3.8) is 0 Å². The van der Waals surface area contributed by atoms with Crippen molar-refractivity contribution in [1.29, 1.82) is 5.26 Å². The summed E-state index contributed by atoms with van der Waals surface area (Å²) in [5.41, 5.74) is 4.19. The maximum atomic E-state index is 12.3. The van der Waals surface area contributed by atoms with Crippen LogP contribution in [0.25, 0.3) is 0 Å². The maximum absolute atomic E-state index is 12.3. The number of nitriles is 1. The van der Waals surface area contributed by atoms with Crippen molar-refractivity contribution in [3.8, 4) is 23.7 Å². The van der Waals surface area contributed by atoms with Crippen LogP contribution in [-0.2, 0) is 4.74 Å². The lowest BCUT2D eigenvalue weighted by molar-refractivity contribution is 0.0256. The quantitative estimate of drug-likeness (QED) is 0.491. The summed E-state index contributed by atoms with van der Waals surface area (Å²) in [5, 5.41) is 15.3. The Balaban J connectivity index is 1.28. The van der Waals surface area contributed by atoms with Gasteiger partial charge in [-0.2, -0.15) is 5.26 Å². The van der Waals surface area contributed by atoms with E-state index in [0.717, 1.165) is 80.0 Å². The molecule has 2 atom stereocenters. The number of anilines is 2. The molecular formula is C31H34N4O3. The first-order valence-corrected chi connectivity index (χ1v) is 13.9. The number of hydrogen-bond acceptors (Lipinski definition) is 5. The van der Waals surface area contributed by atoms with Crippen molar-refractivity contribution in [2.45, 2.75) is 81.5 Å². The molecule has 2 heterocycles. The number of rotatable bonds is 6. The predicted molar refractivity (Wildman–Crippen MR) is 146 cm³/mol. The number of urea groups is 1. The Hall–Kier alpha value is -3.68. The van der Waals surface area contributed by atoms with E-state index < -0.39 is 0 Å². The molecule has 7 heteroatoms. The van der Waals surface area contributed by atoms with Crippen LogP contribution in [0, 0.1) is 23.2 Å². The molecule has 2 aliphatic heterocycles. The second-order valence-corrected chi connectivity index (χ2v) is 10.8. The van der Waals surface area contributed by atoms with Crippen LogP contribution in [0.5, 0.6) is 5.75 Å². The van der Waals surface area contributed by atoms with Crippen molar-refractivity contribution in [3.05, 3.63) is 53.6 Å². The van der Waals surface area contributed by atoms with Crippen LogP contribution < -0.4 is 20.3 Å². The smallest absolute Gasteiger partial charge is 0.319 e. The summed E-state index contributed by atoms with van der Waals surface area (Å²) in [6.45, 7) is 1.48. The molecule has 3 fully saturated rings. The van der Waals surface area contributed by atoms with Gasteiger partial charge in [0, 0.05) is 48.3 Å². The van der Waals surface area contributed by atoms with Gasteiger partial charge in [0.05, 0.1) is 25.2 Å². The number of nitrogens with zero attached hydrogens (tertiary/aromatic N) is 2. The van der Waals surface area contributed by atoms with E-state index >= 15 is 0 Å².